The predicted octanol–water partition coefficient (Wildman–Crippen LogP) is 2.06. The van der Waals surface area contributed by atoms with Gasteiger partial charge >= 0.3 is 6.09 Å². The third-order valence-electron chi connectivity index (χ3n) is 2.05. The second-order valence-corrected chi connectivity index (χ2v) is 3.84. The van der Waals surface area contributed by atoms with E-state index in [1.807, 2.05) is 6.92 Å². The molecule has 92 valence electrons. The molecule has 0 spiro atoms. The smallest absolute Gasteiger partial charge is 0.411 e. The molecule has 1 aromatic rings. The summed E-state index contributed by atoms with van der Waals surface area (Å²) in [5.41, 5.74) is 6.54. The van der Waals surface area contributed by atoms with Crippen LogP contribution in [0.1, 0.15) is 25.3 Å². The van der Waals surface area contributed by atoms with Crippen LogP contribution in [0, 0.1) is 0 Å². The van der Waals surface area contributed by atoms with Crippen LogP contribution in [0.3, 0.4) is 0 Å². The Bertz CT molecular complexity index is 409. The first kappa shape index (κ1) is 13.4. The number of nitrogens with zero attached hydrogens (tertiary/aromatic N) is 1. The zero-order valence-corrected chi connectivity index (χ0v) is 10.4. The highest BCUT2D eigenvalue weighted by molar-refractivity contribution is 7.80. The van der Waals surface area contributed by atoms with Crippen LogP contribution in [0.15, 0.2) is 18.5 Å². The molecule has 0 aromatic carbocycles. The molecule has 3 N–H and O–H groups in total. The molecule has 17 heavy (non-hydrogen) atoms. The molecule has 1 rings (SSSR count). The molecule has 1 aromatic heterocycles. The van der Waals surface area contributed by atoms with Crippen LogP contribution in [0.2, 0.25) is 0 Å². The third-order valence-corrected chi connectivity index (χ3v) is 2.27. The molecule has 0 fully saturated rings. The number of nitrogens with two attached hydrogens (primary N) is 1. The summed E-state index contributed by atoms with van der Waals surface area (Å²) in [5, 5.41) is 2.58. The van der Waals surface area contributed by atoms with Gasteiger partial charge in [0.05, 0.1) is 17.9 Å². The van der Waals surface area contributed by atoms with E-state index in [1.54, 1.807) is 12.3 Å². The standard InChI is InChI=1S/C11H15N3O2S/c1-2-3-6-16-11(15)14-9-4-5-13-7-8(9)10(12)17/h4-5,7H,2-3,6H2,1H3,(H2,12,17)(H,13,14,15). The van der Waals surface area contributed by atoms with Crippen LogP contribution in [0.25, 0.3) is 0 Å². The number of unbranched alkanes of at least 4 members (excludes halogenated alkanes) is 1. The minimum atomic E-state index is -0.512. The number of rotatable bonds is 5. The Morgan fingerprint density at radius 3 is 3.06 bits per heavy atom. The summed E-state index contributed by atoms with van der Waals surface area (Å²) >= 11 is 4.85. The fourth-order valence-corrected chi connectivity index (χ4v) is 1.32. The maximum Gasteiger partial charge on any atom is 0.411 e. The fraction of sp³-hybridized carbons (Fsp3) is 0.364. The fourth-order valence-electron chi connectivity index (χ4n) is 1.16. The summed E-state index contributed by atoms with van der Waals surface area (Å²) in [6.07, 6.45) is 4.35. The van der Waals surface area contributed by atoms with E-state index < -0.39 is 6.09 Å². The minimum absolute atomic E-state index is 0.182. The second kappa shape index (κ2) is 6.80. The van der Waals surface area contributed by atoms with Gasteiger partial charge in [-0.1, -0.05) is 25.6 Å². The molecule has 0 saturated heterocycles. The summed E-state index contributed by atoms with van der Waals surface area (Å²) in [4.78, 5) is 15.5. The summed E-state index contributed by atoms with van der Waals surface area (Å²) in [7, 11) is 0. The number of aromatic nitrogens is 1. The number of carbonyl (C=O) groups excluding carboxylic acids is 1. The van der Waals surface area contributed by atoms with Gasteiger partial charge in [0, 0.05) is 12.4 Å². The normalized spacial score (nSPS) is 9.71. The molecule has 0 atom stereocenters. The van der Waals surface area contributed by atoms with Gasteiger partial charge < -0.3 is 10.5 Å². The Kier molecular flexibility index (Phi) is 5.35. The van der Waals surface area contributed by atoms with Crippen LogP contribution in [-0.2, 0) is 4.74 Å². The van der Waals surface area contributed by atoms with Crippen molar-refractivity contribution in [1.82, 2.24) is 4.98 Å². The summed E-state index contributed by atoms with van der Waals surface area (Å²) in [6.45, 7) is 2.42. The molecule has 5 nitrogen and oxygen atoms in total. The van der Waals surface area contributed by atoms with E-state index >= 15 is 0 Å². The van der Waals surface area contributed by atoms with Crippen molar-refractivity contribution in [3.8, 4) is 0 Å². The molecule has 1 heterocycles. The lowest BCUT2D eigenvalue weighted by Gasteiger charge is -2.09. The molecule has 0 aliphatic rings. The van der Waals surface area contributed by atoms with Crippen molar-refractivity contribution in [3.05, 3.63) is 24.0 Å². The van der Waals surface area contributed by atoms with Gasteiger partial charge in [-0.15, -0.1) is 0 Å². The van der Waals surface area contributed by atoms with Gasteiger partial charge in [0.25, 0.3) is 0 Å². The van der Waals surface area contributed by atoms with Gasteiger partial charge in [-0.3, -0.25) is 10.3 Å². The van der Waals surface area contributed by atoms with Crippen molar-refractivity contribution < 1.29 is 9.53 Å². The lowest BCUT2D eigenvalue weighted by atomic mass is 10.2. The number of pyridine rings is 1. The zero-order valence-electron chi connectivity index (χ0n) is 9.60. The number of hydrogen-bond acceptors (Lipinski definition) is 4. The van der Waals surface area contributed by atoms with E-state index in [0.29, 0.717) is 17.9 Å². The van der Waals surface area contributed by atoms with Crippen molar-refractivity contribution in [1.29, 1.82) is 0 Å². The van der Waals surface area contributed by atoms with E-state index in [2.05, 4.69) is 10.3 Å². The first-order valence-electron chi connectivity index (χ1n) is 5.32. The first-order chi connectivity index (χ1) is 8.15. The molecule has 0 aliphatic heterocycles. The van der Waals surface area contributed by atoms with Gasteiger partial charge in [-0.2, -0.15) is 0 Å². The summed E-state index contributed by atoms with van der Waals surface area (Å²) in [5.74, 6) is 0. The lowest BCUT2D eigenvalue weighted by molar-refractivity contribution is 0.160. The number of nitrogens with one attached hydrogen (secondary N) is 1. The Hall–Kier alpha value is -1.69. The van der Waals surface area contributed by atoms with Crippen LogP contribution in [0.5, 0.6) is 0 Å². The van der Waals surface area contributed by atoms with Crippen molar-refractivity contribution in [2.75, 3.05) is 11.9 Å². The molecule has 0 aliphatic carbocycles. The van der Waals surface area contributed by atoms with E-state index in [0.717, 1.165) is 12.8 Å². The molecule has 0 bridgehead atoms. The van der Waals surface area contributed by atoms with Crippen molar-refractivity contribution in [2.24, 2.45) is 5.73 Å². The van der Waals surface area contributed by atoms with Gasteiger partial charge in [0.1, 0.15) is 4.99 Å². The predicted molar refractivity (Wildman–Crippen MR) is 70.0 cm³/mol. The van der Waals surface area contributed by atoms with Crippen LogP contribution < -0.4 is 11.1 Å². The second-order valence-electron chi connectivity index (χ2n) is 3.40. The SMILES string of the molecule is CCCCOC(=O)Nc1ccncc1C(N)=S. The van der Waals surface area contributed by atoms with E-state index in [4.69, 9.17) is 22.7 Å². The number of anilines is 1. The van der Waals surface area contributed by atoms with Gasteiger partial charge in [-0.25, -0.2) is 4.79 Å². The molecule has 6 heteroatoms. The van der Waals surface area contributed by atoms with Crippen LogP contribution in [0.4, 0.5) is 10.5 Å². The number of hydrogen-bond donors (Lipinski definition) is 2. The largest absolute Gasteiger partial charge is 0.449 e. The highest BCUT2D eigenvalue weighted by Crippen LogP contribution is 2.13. The van der Waals surface area contributed by atoms with E-state index in [1.165, 1.54) is 6.20 Å². The Balaban J connectivity index is 2.61. The quantitative estimate of drug-likeness (QED) is 0.620. The average molecular weight is 253 g/mol. The maximum absolute atomic E-state index is 11.4. The number of carbonyl (C=O) groups is 1. The molecule has 0 saturated carbocycles. The molecule has 1 amide bonds. The third kappa shape index (κ3) is 4.36. The van der Waals surface area contributed by atoms with Crippen LogP contribution in [-0.4, -0.2) is 22.7 Å². The minimum Gasteiger partial charge on any atom is -0.449 e. The zero-order chi connectivity index (χ0) is 12.7. The number of amides is 1. The molecular weight excluding hydrogens is 238 g/mol. The monoisotopic (exact) mass is 253 g/mol. The topological polar surface area (TPSA) is 77.2 Å². The van der Waals surface area contributed by atoms with Crippen molar-refractivity contribution in [3.63, 3.8) is 0 Å². The Labute approximate surface area is 105 Å². The Morgan fingerprint density at radius 1 is 1.65 bits per heavy atom. The molecular formula is C11H15N3O2S. The molecule has 0 radical (unpaired) electrons. The van der Waals surface area contributed by atoms with E-state index in [9.17, 15) is 4.79 Å². The lowest BCUT2D eigenvalue weighted by Crippen LogP contribution is -2.19. The highest BCUT2D eigenvalue weighted by atomic mass is 32.1. The van der Waals surface area contributed by atoms with E-state index in [-0.39, 0.29) is 4.99 Å². The molecule has 0 unspecified atom stereocenters. The summed E-state index contributed by atoms with van der Waals surface area (Å²) < 4.78 is 4.97. The number of thiocarbonyl (C=S) groups is 1. The summed E-state index contributed by atoms with van der Waals surface area (Å²) in [6, 6.07) is 1.62. The maximum atomic E-state index is 11.4. The van der Waals surface area contributed by atoms with Crippen molar-refractivity contribution >= 4 is 29.0 Å². The highest BCUT2D eigenvalue weighted by Gasteiger charge is 2.09. The number of ether oxygens (including phenoxy) is 1. The van der Waals surface area contributed by atoms with Crippen molar-refractivity contribution in [2.45, 2.75) is 19.8 Å². The average Bonchev–Trinajstić information content (AvgIpc) is 2.29. The van der Waals surface area contributed by atoms with Gasteiger partial charge in [-0.05, 0) is 12.5 Å². The van der Waals surface area contributed by atoms with Gasteiger partial charge in [0.2, 0.25) is 0 Å². The van der Waals surface area contributed by atoms with Crippen LogP contribution >= 0.6 is 12.2 Å². The van der Waals surface area contributed by atoms with Gasteiger partial charge in [0.15, 0.2) is 0 Å². The Morgan fingerprint density at radius 2 is 2.41 bits per heavy atom. The first-order valence-corrected chi connectivity index (χ1v) is 5.73.